The first kappa shape index (κ1) is 13.4. The van der Waals surface area contributed by atoms with Gasteiger partial charge in [-0.15, -0.1) is 0 Å². The van der Waals surface area contributed by atoms with Gasteiger partial charge in [0.25, 0.3) is 0 Å². The van der Waals surface area contributed by atoms with Crippen molar-refractivity contribution < 1.29 is 4.79 Å². The summed E-state index contributed by atoms with van der Waals surface area (Å²) in [5.74, 6) is 0.625. The minimum atomic E-state index is 0.232. The third-order valence-corrected chi connectivity index (χ3v) is 4.36. The van der Waals surface area contributed by atoms with E-state index in [-0.39, 0.29) is 5.92 Å². The van der Waals surface area contributed by atoms with Crippen molar-refractivity contribution in [2.75, 3.05) is 18.0 Å². The average Bonchev–Trinajstić information content (AvgIpc) is 2.94. The first-order valence-corrected chi connectivity index (χ1v) is 7.47. The SMILES string of the molecule is CCC(=O)C1CCN(c2cc(Cl)cc3[nH]ncc23)CC1. The highest BCUT2D eigenvalue weighted by Gasteiger charge is 2.25. The molecule has 0 amide bonds. The lowest BCUT2D eigenvalue weighted by molar-refractivity contribution is -0.123. The fraction of sp³-hybridized carbons (Fsp3) is 0.467. The molecule has 0 bridgehead atoms. The quantitative estimate of drug-likeness (QED) is 0.943. The van der Waals surface area contributed by atoms with Crippen molar-refractivity contribution >= 4 is 34.0 Å². The molecule has 1 aliphatic heterocycles. The van der Waals surface area contributed by atoms with Crippen molar-refractivity contribution in [1.29, 1.82) is 0 Å². The van der Waals surface area contributed by atoms with Gasteiger partial charge in [0.05, 0.1) is 11.7 Å². The van der Waals surface area contributed by atoms with Gasteiger partial charge < -0.3 is 4.90 Å². The highest BCUT2D eigenvalue weighted by atomic mass is 35.5. The van der Waals surface area contributed by atoms with Gasteiger partial charge in [-0.25, -0.2) is 0 Å². The molecule has 106 valence electrons. The standard InChI is InChI=1S/C15H18ClN3O/c1-2-15(20)10-3-5-19(6-4-10)14-8-11(16)7-13-12(14)9-17-18-13/h7-10H,2-6H2,1H3,(H,17,18). The van der Waals surface area contributed by atoms with E-state index in [0.717, 1.165) is 42.5 Å². The van der Waals surface area contributed by atoms with Crippen LogP contribution < -0.4 is 4.90 Å². The lowest BCUT2D eigenvalue weighted by Crippen LogP contribution is -2.36. The molecular weight excluding hydrogens is 274 g/mol. The molecule has 1 aromatic heterocycles. The minimum absolute atomic E-state index is 0.232. The monoisotopic (exact) mass is 291 g/mol. The van der Waals surface area contributed by atoms with Crippen molar-refractivity contribution in [2.45, 2.75) is 26.2 Å². The number of nitrogens with zero attached hydrogens (tertiary/aromatic N) is 2. The van der Waals surface area contributed by atoms with Gasteiger partial charge in [0.15, 0.2) is 0 Å². The highest BCUT2D eigenvalue weighted by Crippen LogP contribution is 2.32. The number of piperidine rings is 1. The van der Waals surface area contributed by atoms with Gasteiger partial charge in [0.1, 0.15) is 5.78 Å². The van der Waals surface area contributed by atoms with Crippen LogP contribution in [-0.4, -0.2) is 29.1 Å². The first-order valence-electron chi connectivity index (χ1n) is 7.09. The maximum absolute atomic E-state index is 11.8. The number of hydrogen-bond acceptors (Lipinski definition) is 3. The lowest BCUT2D eigenvalue weighted by atomic mass is 9.91. The largest absolute Gasteiger partial charge is 0.371 e. The average molecular weight is 292 g/mol. The number of carbonyl (C=O) groups is 1. The van der Waals surface area contributed by atoms with Crippen LogP contribution in [0.1, 0.15) is 26.2 Å². The van der Waals surface area contributed by atoms with Crippen LogP contribution in [0.5, 0.6) is 0 Å². The van der Waals surface area contributed by atoms with Crippen LogP contribution in [-0.2, 0) is 4.79 Å². The minimum Gasteiger partial charge on any atom is -0.371 e. The maximum Gasteiger partial charge on any atom is 0.135 e. The number of benzene rings is 1. The van der Waals surface area contributed by atoms with E-state index in [4.69, 9.17) is 11.6 Å². The van der Waals surface area contributed by atoms with E-state index in [1.807, 2.05) is 25.3 Å². The summed E-state index contributed by atoms with van der Waals surface area (Å²) >= 11 is 6.17. The second kappa shape index (κ2) is 5.44. The molecule has 2 heterocycles. The first-order chi connectivity index (χ1) is 9.69. The summed E-state index contributed by atoms with van der Waals surface area (Å²) in [6, 6.07) is 3.88. The molecule has 1 fully saturated rings. The van der Waals surface area contributed by atoms with Crippen molar-refractivity contribution in [3.05, 3.63) is 23.4 Å². The Labute approximate surface area is 123 Å². The number of Topliss-reactive ketones (excluding diaryl/α,β-unsaturated/α-hetero) is 1. The number of H-pyrrole nitrogens is 1. The Bertz CT molecular complexity index is 629. The van der Waals surface area contributed by atoms with Crippen LogP contribution in [0.15, 0.2) is 18.3 Å². The second-order valence-electron chi connectivity index (χ2n) is 5.34. The Morgan fingerprint density at radius 3 is 2.90 bits per heavy atom. The Morgan fingerprint density at radius 1 is 1.45 bits per heavy atom. The van der Waals surface area contributed by atoms with Crippen LogP contribution in [0.2, 0.25) is 5.02 Å². The summed E-state index contributed by atoms with van der Waals surface area (Å²) in [4.78, 5) is 14.1. The molecular formula is C15H18ClN3O. The molecule has 0 radical (unpaired) electrons. The van der Waals surface area contributed by atoms with Gasteiger partial charge in [-0.05, 0) is 25.0 Å². The molecule has 0 saturated carbocycles. The number of anilines is 1. The number of ketones is 1. The molecule has 5 heteroatoms. The normalized spacial score (nSPS) is 16.8. The van der Waals surface area contributed by atoms with Crippen LogP contribution in [0.3, 0.4) is 0 Å². The van der Waals surface area contributed by atoms with Crippen LogP contribution in [0.25, 0.3) is 10.9 Å². The summed E-state index contributed by atoms with van der Waals surface area (Å²) in [5, 5.41) is 8.85. The molecule has 20 heavy (non-hydrogen) atoms. The van der Waals surface area contributed by atoms with E-state index >= 15 is 0 Å². The van der Waals surface area contributed by atoms with Gasteiger partial charge in [-0.1, -0.05) is 18.5 Å². The van der Waals surface area contributed by atoms with E-state index in [1.54, 1.807) is 0 Å². The number of fused-ring (bicyclic) bond motifs is 1. The van der Waals surface area contributed by atoms with E-state index in [1.165, 1.54) is 0 Å². The van der Waals surface area contributed by atoms with E-state index in [2.05, 4.69) is 15.1 Å². The molecule has 0 unspecified atom stereocenters. The molecule has 3 rings (SSSR count). The highest BCUT2D eigenvalue weighted by molar-refractivity contribution is 6.31. The number of carbonyl (C=O) groups excluding carboxylic acids is 1. The van der Waals surface area contributed by atoms with Gasteiger partial charge in [-0.3, -0.25) is 9.89 Å². The molecule has 4 nitrogen and oxygen atoms in total. The number of hydrogen-bond donors (Lipinski definition) is 1. The zero-order chi connectivity index (χ0) is 14.1. The summed E-state index contributed by atoms with van der Waals surface area (Å²) < 4.78 is 0. The molecule has 0 spiro atoms. The fourth-order valence-electron chi connectivity index (χ4n) is 2.99. The summed E-state index contributed by atoms with van der Waals surface area (Å²) in [6.07, 6.45) is 4.34. The van der Waals surface area contributed by atoms with Crippen molar-refractivity contribution in [2.24, 2.45) is 5.92 Å². The van der Waals surface area contributed by atoms with Crippen molar-refractivity contribution in [3.63, 3.8) is 0 Å². The molecule has 1 saturated heterocycles. The van der Waals surface area contributed by atoms with Gasteiger partial charge in [0, 0.05) is 41.5 Å². The Kier molecular flexibility index (Phi) is 3.66. The molecule has 1 aliphatic rings. The van der Waals surface area contributed by atoms with Crippen molar-refractivity contribution in [1.82, 2.24) is 10.2 Å². The lowest BCUT2D eigenvalue weighted by Gasteiger charge is -2.33. The fourth-order valence-corrected chi connectivity index (χ4v) is 3.20. The number of aromatic nitrogens is 2. The summed E-state index contributed by atoms with van der Waals surface area (Å²) in [6.45, 7) is 3.74. The van der Waals surface area contributed by atoms with Gasteiger partial charge in [-0.2, -0.15) is 5.10 Å². The summed E-state index contributed by atoms with van der Waals surface area (Å²) in [5.41, 5.74) is 2.07. The van der Waals surface area contributed by atoms with Crippen LogP contribution in [0.4, 0.5) is 5.69 Å². The molecule has 1 N–H and O–H groups in total. The summed E-state index contributed by atoms with van der Waals surface area (Å²) in [7, 11) is 0. The van der Waals surface area contributed by atoms with Gasteiger partial charge >= 0.3 is 0 Å². The third kappa shape index (κ3) is 2.40. The molecule has 1 aromatic carbocycles. The zero-order valence-electron chi connectivity index (χ0n) is 11.5. The van der Waals surface area contributed by atoms with Crippen LogP contribution >= 0.6 is 11.6 Å². The zero-order valence-corrected chi connectivity index (χ0v) is 12.3. The van der Waals surface area contributed by atoms with Gasteiger partial charge in [0.2, 0.25) is 0 Å². The maximum atomic E-state index is 11.8. The van der Waals surface area contributed by atoms with E-state index in [0.29, 0.717) is 17.2 Å². The number of halogens is 1. The molecule has 2 aromatic rings. The molecule has 0 aliphatic carbocycles. The number of aromatic amines is 1. The smallest absolute Gasteiger partial charge is 0.135 e. The van der Waals surface area contributed by atoms with E-state index < -0.39 is 0 Å². The Balaban J connectivity index is 1.83. The number of nitrogens with one attached hydrogen (secondary N) is 1. The van der Waals surface area contributed by atoms with Crippen molar-refractivity contribution in [3.8, 4) is 0 Å². The number of rotatable bonds is 3. The molecule has 0 atom stereocenters. The Morgan fingerprint density at radius 2 is 2.20 bits per heavy atom. The predicted molar refractivity (Wildman–Crippen MR) is 81.3 cm³/mol. The predicted octanol–water partition coefficient (Wildman–Crippen LogP) is 3.41. The Hall–Kier alpha value is -1.55. The topological polar surface area (TPSA) is 49.0 Å². The second-order valence-corrected chi connectivity index (χ2v) is 5.77. The van der Waals surface area contributed by atoms with Crippen LogP contribution in [0, 0.1) is 5.92 Å². The third-order valence-electron chi connectivity index (χ3n) is 4.14. The van der Waals surface area contributed by atoms with E-state index in [9.17, 15) is 4.79 Å².